The number of nitrogens with one attached hydrogen (secondary N) is 1. The van der Waals surface area contributed by atoms with Gasteiger partial charge in [0.2, 0.25) is 0 Å². The molecular formula is C12H17N5S. The quantitative estimate of drug-likeness (QED) is 0.522. The molecule has 0 unspecified atom stereocenters. The van der Waals surface area contributed by atoms with Crippen molar-refractivity contribution in [2.24, 2.45) is 7.05 Å². The predicted molar refractivity (Wildman–Crippen MR) is 76.0 cm³/mol. The van der Waals surface area contributed by atoms with Gasteiger partial charge >= 0.3 is 0 Å². The first-order chi connectivity index (χ1) is 8.61. The molecule has 2 aromatic rings. The SMILES string of the molecule is CSc1nc(NCC=C(C)C)c2ncn(C)c2n1. The summed E-state index contributed by atoms with van der Waals surface area (Å²) in [5.74, 6) is 0.794. The van der Waals surface area contributed by atoms with E-state index in [1.165, 1.54) is 17.3 Å². The Labute approximate surface area is 111 Å². The minimum absolute atomic E-state index is 0.749. The van der Waals surface area contributed by atoms with Gasteiger partial charge in [0.05, 0.1) is 6.33 Å². The lowest BCUT2D eigenvalue weighted by atomic mass is 10.3. The van der Waals surface area contributed by atoms with Gasteiger partial charge < -0.3 is 9.88 Å². The molecule has 0 bridgehead atoms. The molecule has 18 heavy (non-hydrogen) atoms. The number of allylic oxidation sites excluding steroid dienone is 1. The minimum atomic E-state index is 0.749. The molecule has 0 aromatic carbocycles. The van der Waals surface area contributed by atoms with Crippen LogP contribution in [0.2, 0.25) is 0 Å². The van der Waals surface area contributed by atoms with Crippen molar-refractivity contribution in [2.75, 3.05) is 18.1 Å². The van der Waals surface area contributed by atoms with Crippen LogP contribution in [0.4, 0.5) is 5.82 Å². The minimum Gasteiger partial charge on any atom is -0.365 e. The third kappa shape index (κ3) is 2.64. The van der Waals surface area contributed by atoms with Crippen molar-refractivity contribution in [1.82, 2.24) is 19.5 Å². The Hall–Kier alpha value is -1.56. The highest BCUT2D eigenvalue weighted by Gasteiger charge is 2.10. The zero-order valence-corrected chi connectivity index (χ0v) is 11.9. The first-order valence-corrected chi connectivity index (χ1v) is 6.94. The molecule has 2 aromatic heterocycles. The summed E-state index contributed by atoms with van der Waals surface area (Å²) in [7, 11) is 1.94. The summed E-state index contributed by atoms with van der Waals surface area (Å²) < 4.78 is 1.91. The summed E-state index contributed by atoms with van der Waals surface area (Å²) in [4.78, 5) is 13.3. The van der Waals surface area contributed by atoms with E-state index in [-0.39, 0.29) is 0 Å². The van der Waals surface area contributed by atoms with Gasteiger partial charge in [-0.3, -0.25) is 0 Å². The van der Waals surface area contributed by atoms with Gasteiger partial charge in [-0.15, -0.1) is 0 Å². The standard InChI is InChI=1S/C12H17N5S/c1-8(2)5-6-13-10-9-11(17(3)7-14-9)16-12(15-10)18-4/h5,7H,6H2,1-4H3,(H,13,15,16). The number of anilines is 1. The number of nitrogens with zero attached hydrogens (tertiary/aromatic N) is 4. The number of rotatable bonds is 4. The molecule has 0 atom stereocenters. The summed E-state index contributed by atoms with van der Waals surface area (Å²) in [5, 5.41) is 4.05. The maximum atomic E-state index is 4.47. The van der Waals surface area contributed by atoms with Crippen LogP contribution in [-0.2, 0) is 7.05 Å². The smallest absolute Gasteiger partial charge is 0.191 e. The highest BCUT2D eigenvalue weighted by atomic mass is 32.2. The molecule has 6 heteroatoms. The highest BCUT2D eigenvalue weighted by Crippen LogP contribution is 2.21. The van der Waals surface area contributed by atoms with Crippen LogP contribution in [0, 0.1) is 0 Å². The number of hydrogen-bond donors (Lipinski definition) is 1. The monoisotopic (exact) mass is 263 g/mol. The molecule has 0 saturated heterocycles. The topological polar surface area (TPSA) is 55.6 Å². The second-order valence-electron chi connectivity index (χ2n) is 4.25. The van der Waals surface area contributed by atoms with Crippen molar-refractivity contribution in [1.29, 1.82) is 0 Å². The Morgan fingerprint density at radius 2 is 2.22 bits per heavy atom. The Morgan fingerprint density at radius 3 is 2.89 bits per heavy atom. The largest absolute Gasteiger partial charge is 0.365 e. The summed E-state index contributed by atoms with van der Waals surface area (Å²) >= 11 is 1.53. The molecule has 0 amide bonds. The van der Waals surface area contributed by atoms with Crippen molar-refractivity contribution >= 4 is 28.7 Å². The summed E-state index contributed by atoms with van der Waals surface area (Å²) in [6.07, 6.45) is 5.85. The molecule has 2 heterocycles. The van der Waals surface area contributed by atoms with Gasteiger partial charge in [0.25, 0.3) is 0 Å². The van der Waals surface area contributed by atoms with Gasteiger partial charge in [-0.05, 0) is 20.1 Å². The zero-order valence-electron chi connectivity index (χ0n) is 11.1. The Morgan fingerprint density at radius 1 is 1.44 bits per heavy atom. The lowest BCUT2D eigenvalue weighted by molar-refractivity contribution is 0.901. The molecule has 0 aliphatic heterocycles. The summed E-state index contributed by atoms with van der Waals surface area (Å²) in [6, 6.07) is 0. The molecule has 5 nitrogen and oxygen atoms in total. The molecule has 2 rings (SSSR count). The van der Waals surface area contributed by atoms with Crippen LogP contribution in [0.15, 0.2) is 23.1 Å². The highest BCUT2D eigenvalue weighted by molar-refractivity contribution is 7.98. The fourth-order valence-corrected chi connectivity index (χ4v) is 1.91. The maximum Gasteiger partial charge on any atom is 0.191 e. The predicted octanol–water partition coefficient (Wildman–Crippen LogP) is 2.46. The van der Waals surface area contributed by atoms with E-state index in [1.54, 1.807) is 6.33 Å². The normalized spacial score (nSPS) is 10.7. The van der Waals surface area contributed by atoms with Crippen molar-refractivity contribution < 1.29 is 0 Å². The Kier molecular flexibility index (Phi) is 3.86. The first kappa shape index (κ1) is 12.9. The second-order valence-corrected chi connectivity index (χ2v) is 5.02. The van der Waals surface area contributed by atoms with Gasteiger partial charge in [-0.25, -0.2) is 15.0 Å². The van der Waals surface area contributed by atoms with Crippen molar-refractivity contribution in [3.8, 4) is 0 Å². The number of imidazole rings is 1. The average Bonchev–Trinajstić information content (AvgIpc) is 2.71. The number of hydrogen-bond acceptors (Lipinski definition) is 5. The molecule has 0 fully saturated rings. The number of thioether (sulfide) groups is 1. The van der Waals surface area contributed by atoms with Gasteiger partial charge in [-0.1, -0.05) is 23.4 Å². The lowest BCUT2D eigenvalue weighted by Gasteiger charge is -2.06. The fourth-order valence-electron chi connectivity index (χ4n) is 1.55. The summed E-state index contributed by atoms with van der Waals surface area (Å²) in [5.41, 5.74) is 2.95. The molecule has 1 N–H and O–H groups in total. The summed E-state index contributed by atoms with van der Waals surface area (Å²) in [6.45, 7) is 4.90. The molecule has 96 valence electrons. The number of fused-ring (bicyclic) bond motifs is 1. The second kappa shape index (κ2) is 5.39. The maximum absolute atomic E-state index is 4.47. The third-order valence-electron chi connectivity index (χ3n) is 2.50. The van der Waals surface area contributed by atoms with Gasteiger partial charge in [0.1, 0.15) is 0 Å². The van der Waals surface area contributed by atoms with Crippen LogP contribution in [0.25, 0.3) is 11.2 Å². The molecular weight excluding hydrogens is 246 g/mol. The Bertz CT molecular complexity index is 583. The van der Waals surface area contributed by atoms with Gasteiger partial charge in [-0.2, -0.15) is 0 Å². The van der Waals surface area contributed by atoms with E-state index < -0.39 is 0 Å². The van der Waals surface area contributed by atoms with E-state index in [2.05, 4.69) is 40.2 Å². The molecule has 0 spiro atoms. The van der Waals surface area contributed by atoms with E-state index in [9.17, 15) is 0 Å². The van der Waals surface area contributed by atoms with Crippen LogP contribution >= 0.6 is 11.8 Å². The molecule has 0 aliphatic carbocycles. The Balaban J connectivity index is 2.38. The van der Waals surface area contributed by atoms with Crippen LogP contribution in [0.3, 0.4) is 0 Å². The van der Waals surface area contributed by atoms with E-state index >= 15 is 0 Å². The lowest BCUT2D eigenvalue weighted by Crippen LogP contribution is -2.04. The number of aryl methyl sites for hydroxylation is 1. The number of aromatic nitrogens is 4. The van der Waals surface area contributed by atoms with Crippen LogP contribution in [-0.4, -0.2) is 32.3 Å². The van der Waals surface area contributed by atoms with Crippen LogP contribution in [0.5, 0.6) is 0 Å². The average molecular weight is 263 g/mol. The first-order valence-electron chi connectivity index (χ1n) is 5.72. The van der Waals surface area contributed by atoms with Crippen LogP contribution in [0.1, 0.15) is 13.8 Å². The van der Waals surface area contributed by atoms with E-state index in [1.807, 2.05) is 17.9 Å². The van der Waals surface area contributed by atoms with Gasteiger partial charge in [0.15, 0.2) is 22.1 Å². The van der Waals surface area contributed by atoms with E-state index in [0.29, 0.717) is 0 Å². The van der Waals surface area contributed by atoms with Gasteiger partial charge in [0, 0.05) is 13.6 Å². The molecule has 0 saturated carbocycles. The zero-order chi connectivity index (χ0) is 13.1. The van der Waals surface area contributed by atoms with Crippen molar-refractivity contribution in [2.45, 2.75) is 19.0 Å². The van der Waals surface area contributed by atoms with E-state index in [4.69, 9.17) is 0 Å². The molecule has 0 radical (unpaired) electrons. The fraction of sp³-hybridized carbons (Fsp3) is 0.417. The van der Waals surface area contributed by atoms with Crippen LogP contribution < -0.4 is 5.32 Å². The van der Waals surface area contributed by atoms with Crippen molar-refractivity contribution in [3.63, 3.8) is 0 Å². The van der Waals surface area contributed by atoms with Crippen molar-refractivity contribution in [3.05, 3.63) is 18.0 Å². The van der Waals surface area contributed by atoms with E-state index in [0.717, 1.165) is 28.7 Å². The third-order valence-corrected chi connectivity index (χ3v) is 3.05. The molecule has 0 aliphatic rings.